The normalized spacial score (nSPS) is 10.9. The second-order valence-corrected chi connectivity index (χ2v) is 3.72. The summed E-state index contributed by atoms with van der Waals surface area (Å²) in [5.41, 5.74) is 0.381. The Balaban J connectivity index is 2.63. The lowest BCUT2D eigenvalue weighted by Gasteiger charge is -2.13. The minimum absolute atomic E-state index is 0.00245. The van der Waals surface area contributed by atoms with Crippen molar-refractivity contribution in [2.24, 2.45) is 0 Å². The first-order chi connectivity index (χ1) is 8.28. The van der Waals surface area contributed by atoms with Gasteiger partial charge in [-0.2, -0.15) is 0 Å². The zero-order chi connectivity index (χ0) is 13.8. The molecule has 0 aliphatic heterocycles. The maximum absolute atomic E-state index is 12.0. The summed E-state index contributed by atoms with van der Waals surface area (Å²) in [5, 5.41) is 2.71. The number of anilines is 1. The molecule has 1 aromatic carbocycles. The number of rotatable bonds is 4. The Morgan fingerprint density at radius 2 is 2.06 bits per heavy atom. The molecule has 0 bridgehead atoms. The fourth-order valence-corrected chi connectivity index (χ4v) is 1.14. The highest BCUT2D eigenvalue weighted by atomic mass is 19.4. The molecule has 1 N–H and O–H groups in total. The summed E-state index contributed by atoms with van der Waals surface area (Å²) in [4.78, 5) is 12.7. The lowest BCUT2D eigenvalue weighted by atomic mass is 10.3. The van der Waals surface area contributed by atoms with Gasteiger partial charge in [0.1, 0.15) is 5.75 Å². The van der Waals surface area contributed by atoms with Gasteiger partial charge in [0.05, 0.1) is 6.54 Å². The van der Waals surface area contributed by atoms with Crippen molar-refractivity contribution in [2.45, 2.75) is 6.36 Å². The summed E-state index contributed by atoms with van der Waals surface area (Å²) in [6.45, 7) is 0.00245. The van der Waals surface area contributed by atoms with Crippen LogP contribution >= 0.6 is 0 Å². The zero-order valence-corrected chi connectivity index (χ0v) is 9.91. The Morgan fingerprint density at radius 3 is 2.61 bits per heavy atom. The number of amides is 1. The van der Waals surface area contributed by atoms with E-state index in [-0.39, 0.29) is 18.2 Å². The lowest BCUT2D eigenvalue weighted by Crippen LogP contribution is -2.28. The smallest absolute Gasteiger partial charge is 0.406 e. The Hall–Kier alpha value is -1.92. The highest BCUT2D eigenvalue weighted by Gasteiger charge is 2.31. The Bertz CT molecular complexity index is 419. The number of benzene rings is 1. The molecule has 0 aliphatic carbocycles. The molecule has 0 fully saturated rings. The van der Waals surface area contributed by atoms with Gasteiger partial charge in [-0.25, -0.2) is 0 Å². The van der Waals surface area contributed by atoms with E-state index in [1.807, 2.05) is 0 Å². The van der Waals surface area contributed by atoms with Gasteiger partial charge in [0, 0.05) is 25.8 Å². The third-order valence-corrected chi connectivity index (χ3v) is 2.01. The van der Waals surface area contributed by atoms with Crippen molar-refractivity contribution in [1.29, 1.82) is 0 Å². The number of carbonyl (C=O) groups excluding carboxylic acids is 1. The molecule has 0 saturated heterocycles. The van der Waals surface area contributed by atoms with Crippen molar-refractivity contribution in [3.8, 4) is 5.75 Å². The first-order valence-electron chi connectivity index (χ1n) is 5.08. The number of hydrogen-bond acceptors (Lipinski definition) is 3. The van der Waals surface area contributed by atoms with Crippen LogP contribution in [0.25, 0.3) is 0 Å². The van der Waals surface area contributed by atoms with Gasteiger partial charge in [0.15, 0.2) is 0 Å². The van der Waals surface area contributed by atoms with E-state index < -0.39 is 6.36 Å². The second-order valence-electron chi connectivity index (χ2n) is 3.72. The number of hydrogen-bond donors (Lipinski definition) is 1. The zero-order valence-electron chi connectivity index (χ0n) is 9.91. The van der Waals surface area contributed by atoms with Crippen molar-refractivity contribution in [3.05, 3.63) is 24.3 Å². The third kappa shape index (κ3) is 4.94. The molecule has 0 aliphatic rings. The third-order valence-electron chi connectivity index (χ3n) is 2.01. The summed E-state index contributed by atoms with van der Waals surface area (Å²) in [6.07, 6.45) is -4.72. The molecule has 1 aromatic rings. The highest BCUT2D eigenvalue weighted by Crippen LogP contribution is 2.24. The van der Waals surface area contributed by atoms with Crippen LogP contribution in [0.5, 0.6) is 5.75 Å². The number of carbonyl (C=O) groups is 1. The van der Waals surface area contributed by atoms with Crippen LogP contribution in [0.1, 0.15) is 0 Å². The Morgan fingerprint density at radius 1 is 1.39 bits per heavy atom. The van der Waals surface area contributed by atoms with E-state index in [2.05, 4.69) is 10.1 Å². The number of nitrogens with zero attached hydrogens (tertiary/aromatic N) is 1. The van der Waals surface area contributed by atoms with Gasteiger partial charge >= 0.3 is 6.36 Å². The van der Waals surface area contributed by atoms with Crippen LogP contribution in [0.4, 0.5) is 18.9 Å². The maximum atomic E-state index is 12.0. The molecular weight excluding hydrogens is 249 g/mol. The van der Waals surface area contributed by atoms with Crippen molar-refractivity contribution in [2.75, 3.05) is 26.0 Å². The van der Waals surface area contributed by atoms with Crippen LogP contribution in [-0.2, 0) is 4.79 Å². The minimum Gasteiger partial charge on any atom is -0.406 e. The Kier molecular flexibility index (Phi) is 4.41. The molecule has 4 nitrogen and oxygen atoms in total. The largest absolute Gasteiger partial charge is 0.573 e. The first-order valence-corrected chi connectivity index (χ1v) is 5.08. The first kappa shape index (κ1) is 14.1. The highest BCUT2D eigenvalue weighted by molar-refractivity contribution is 5.80. The fourth-order valence-electron chi connectivity index (χ4n) is 1.14. The summed E-state index contributed by atoms with van der Waals surface area (Å²) in [6, 6.07) is 5.32. The van der Waals surface area contributed by atoms with E-state index in [0.717, 1.165) is 0 Å². The number of ether oxygens (including phenoxy) is 1. The summed E-state index contributed by atoms with van der Waals surface area (Å²) >= 11 is 0. The standard InChI is InChI=1S/C11H13F3N2O2/c1-16(2)10(17)7-15-8-4-3-5-9(6-8)18-11(12,13)14/h3-6,15H,7H2,1-2H3. The van der Waals surface area contributed by atoms with E-state index in [4.69, 9.17) is 0 Å². The predicted molar refractivity (Wildman–Crippen MR) is 60.3 cm³/mol. The predicted octanol–water partition coefficient (Wildman–Crippen LogP) is 2.09. The molecule has 0 unspecified atom stereocenters. The number of likely N-dealkylation sites (N-methyl/N-ethyl adjacent to an activating group) is 1. The van der Waals surface area contributed by atoms with Crippen molar-refractivity contribution >= 4 is 11.6 Å². The van der Waals surface area contributed by atoms with Crippen molar-refractivity contribution in [3.63, 3.8) is 0 Å². The summed E-state index contributed by atoms with van der Waals surface area (Å²) in [5.74, 6) is -0.512. The SMILES string of the molecule is CN(C)C(=O)CNc1cccc(OC(F)(F)F)c1. The van der Waals surface area contributed by atoms with Gasteiger partial charge in [-0.15, -0.1) is 13.2 Å². The van der Waals surface area contributed by atoms with Gasteiger partial charge < -0.3 is 15.0 Å². The van der Waals surface area contributed by atoms with Gasteiger partial charge in [0.25, 0.3) is 0 Å². The molecule has 7 heteroatoms. The average molecular weight is 262 g/mol. The average Bonchev–Trinajstić information content (AvgIpc) is 2.23. The van der Waals surface area contributed by atoms with Crippen LogP contribution in [0.2, 0.25) is 0 Å². The molecule has 18 heavy (non-hydrogen) atoms. The fraction of sp³-hybridized carbons (Fsp3) is 0.364. The van der Waals surface area contributed by atoms with Gasteiger partial charge in [-0.3, -0.25) is 4.79 Å². The molecule has 0 atom stereocenters. The van der Waals surface area contributed by atoms with Gasteiger partial charge in [0.2, 0.25) is 5.91 Å². The maximum Gasteiger partial charge on any atom is 0.573 e. The number of alkyl halides is 3. The lowest BCUT2D eigenvalue weighted by molar-refractivity contribution is -0.274. The van der Waals surface area contributed by atoms with Gasteiger partial charge in [-0.05, 0) is 12.1 Å². The molecule has 100 valence electrons. The summed E-state index contributed by atoms with van der Waals surface area (Å²) < 4.78 is 39.7. The van der Waals surface area contributed by atoms with Crippen LogP contribution in [0, 0.1) is 0 Å². The molecule has 0 aromatic heterocycles. The van der Waals surface area contributed by atoms with Crippen LogP contribution in [0.3, 0.4) is 0 Å². The number of nitrogens with one attached hydrogen (secondary N) is 1. The second kappa shape index (κ2) is 5.61. The quantitative estimate of drug-likeness (QED) is 0.903. The minimum atomic E-state index is -4.72. The molecule has 0 saturated carbocycles. The van der Waals surface area contributed by atoms with E-state index in [9.17, 15) is 18.0 Å². The van der Waals surface area contributed by atoms with Crippen LogP contribution in [0.15, 0.2) is 24.3 Å². The molecule has 0 spiro atoms. The molecule has 1 rings (SSSR count). The topological polar surface area (TPSA) is 41.6 Å². The van der Waals surface area contributed by atoms with Crippen LogP contribution < -0.4 is 10.1 Å². The van der Waals surface area contributed by atoms with Crippen molar-refractivity contribution in [1.82, 2.24) is 4.90 Å². The molecule has 0 heterocycles. The number of halogens is 3. The van der Waals surface area contributed by atoms with E-state index in [1.165, 1.54) is 23.1 Å². The van der Waals surface area contributed by atoms with Crippen LogP contribution in [-0.4, -0.2) is 37.8 Å². The molecular formula is C11H13F3N2O2. The van der Waals surface area contributed by atoms with E-state index in [0.29, 0.717) is 5.69 Å². The van der Waals surface area contributed by atoms with E-state index >= 15 is 0 Å². The molecule has 0 radical (unpaired) electrons. The molecule has 1 amide bonds. The van der Waals surface area contributed by atoms with E-state index in [1.54, 1.807) is 20.2 Å². The monoisotopic (exact) mass is 262 g/mol. The Labute approximate surface area is 102 Å². The summed E-state index contributed by atoms with van der Waals surface area (Å²) in [7, 11) is 3.18. The van der Waals surface area contributed by atoms with Crippen molar-refractivity contribution < 1.29 is 22.7 Å². The van der Waals surface area contributed by atoms with Gasteiger partial charge in [-0.1, -0.05) is 6.07 Å².